The lowest BCUT2D eigenvalue weighted by Gasteiger charge is -2.07. The van der Waals surface area contributed by atoms with Gasteiger partial charge in [-0.15, -0.1) is 11.3 Å². The summed E-state index contributed by atoms with van der Waals surface area (Å²) < 4.78 is 41.6. The first-order valence-electron chi connectivity index (χ1n) is 9.76. The lowest BCUT2D eigenvalue weighted by Crippen LogP contribution is -1.99. The summed E-state index contributed by atoms with van der Waals surface area (Å²) in [6.45, 7) is 5.10. The standard InChI is InChI=1S/C22H26F2O2S/c1-3-5-6-7-8-14-26-18-12-10-16-15-9-11-17(25-13-4-2)19(23)21(15)27-22(16)20(18)24/h9-12H,3-8,13-14H2,1-2H3. The van der Waals surface area contributed by atoms with Gasteiger partial charge in [0.1, 0.15) is 0 Å². The van der Waals surface area contributed by atoms with Gasteiger partial charge in [-0.05, 0) is 37.1 Å². The Hall–Kier alpha value is -1.88. The van der Waals surface area contributed by atoms with E-state index in [-0.39, 0.29) is 11.5 Å². The summed E-state index contributed by atoms with van der Waals surface area (Å²) in [7, 11) is 0. The van der Waals surface area contributed by atoms with E-state index < -0.39 is 11.6 Å². The summed E-state index contributed by atoms with van der Waals surface area (Å²) in [6, 6.07) is 6.89. The van der Waals surface area contributed by atoms with E-state index in [4.69, 9.17) is 9.47 Å². The van der Waals surface area contributed by atoms with E-state index in [0.29, 0.717) is 33.4 Å². The molecule has 0 radical (unpaired) electrons. The second kappa shape index (κ2) is 9.36. The fourth-order valence-electron chi connectivity index (χ4n) is 3.12. The van der Waals surface area contributed by atoms with Gasteiger partial charge >= 0.3 is 0 Å². The fourth-order valence-corrected chi connectivity index (χ4v) is 4.28. The van der Waals surface area contributed by atoms with Crippen molar-refractivity contribution in [1.29, 1.82) is 0 Å². The van der Waals surface area contributed by atoms with Crippen molar-refractivity contribution in [2.24, 2.45) is 0 Å². The fraction of sp³-hybridized carbons (Fsp3) is 0.455. The minimum atomic E-state index is -0.417. The molecule has 3 aromatic rings. The third-order valence-electron chi connectivity index (χ3n) is 4.58. The van der Waals surface area contributed by atoms with Gasteiger partial charge in [-0.1, -0.05) is 39.5 Å². The SMILES string of the molecule is CCCCCCCOc1ccc2c(sc3c(F)c(OCCC)ccc32)c1F. The van der Waals surface area contributed by atoms with Gasteiger partial charge in [-0.2, -0.15) is 0 Å². The third kappa shape index (κ3) is 4.34. The average Bonchev–Trinajstić information content (AvgIpc) is 3.06. The molecular formula is C22H26F2O2S. The second-order valence-corrected chi connectivity index (χ2v) is 7.74. The van der Waals surface area contributed by atoms with E-state index in [1.165, 1.54) is 19.3 Å². The monoisotopic (exact) mass is 392 g/mol. The van der Waals surface area contributed by atoms with Crippen LogP contribution in [0.1, 0.15) is 52.4 Å². The van der Waals surface area contributed by atoms with Crippen molar-refractivity contribution in [1.82, 2.24) is 0 Å². The van der Waals surface area contributed by atoms with Gasteiger partial charge in [0.25, 0.3) is 0 Å². The zero-order chi connectivity index (χ0) is 19.2. The lowest BCUT2D eigenvalue weighted by atomic mass is 10.1. The number of halogens is 2. The van der Waals surface area contributed by atoms with Crippen LogP contribution in [0, 0.1) is 11.6 Å². The van der Waals surface area contributed by atoms with Crippen LogP contribution in [-0.2, 0) is 0 Å². The van der Waals surface area contributed by atoms with Gasteiger partial charge in [0, 0.05) is 10.8 Å². The first-order chi connectivity index (χ1) is 13.2. The molecule has 0 aliphatic rings. The van der Waals surface area contributed by atoms with Gasteiger partial charge < -0.3 is 9.47 Å². The van der Waals surface area contributed by atoms with Crippen LogP contribution >= 0.6 is 11.3 Å². The van der Waals surface area contributed by atoms with Crippen LogP contribution in [0.5, 0.6) is 11.5 Å². The average molecular weight is 393 g/mol. The normalized spacial score (nSPS) is 11.4. The molecule has 0 atom stereocenters. The second-order valence-electron chi connectivity index (χ2n) is 6.72. The van der Waals surface area contributed by atoms with Gasteiger partial charge in [0.2, 0.25) is 0 Å². The predicted molar refractivity (Wildman–Crippen MR) is 109 cm³/mol. The number of hydrogen-bond acceptors (Lipinski definition) is 3. The molecule has 1 heterocycles. The number of rotatable bonds is 10. The smallest absolute Gasteiger partial charge is 0.182 e. The molecule has 0 spiro atoms. The summed E-state index contributed by atoms with van der Waals surface area (Å²) in [6.07, 6.45) is 6.40. The third-order valence-corrected chi connectivity index (χ3v) is 5.79. The van der Waals surface area contributed by atoms with Crippen LogP contribution in [0.15, 0.2) is 24.3 Å². The maximum atomic E-state index is 14.9. The highest BCUT2D eigenvalue weighted by atomic mass is 32.1. The molecule has 0 aliphatic carbocycles. The van der Waals surface area contributed by atoms with Crippen molar-refractivity contribution in [3.63, 3.8) is 0 Å². The Morgan fingerprint density at radius 3 is 1.81 bits per heavy atom. The molecule has 1 aromatic heterocycles. The van der Waals surface area contributed by atoms with Crippen molar-refractivity contribution in [2.75, 3.05) is 13.2 Å². The topological polar surface area (TPSA) is 18.5 Å². The molecule has 0 aliphatic heterocycles. The number of unbranched alkanes of at least 4 members (excludes halogenated alkanes) is 4. The maximum Gasteiger partial charge on any atom is 0.182 e. The largest absolute Gasteiger partial charge is 0.490 e. The van der Waals surface area contributed by atoms with Crippen molar-refractivity contribution < 1.29 is 18.3 Å². The van der Waals surface area contributed by atoms with Crippen LogP contribution in [0.3, 0.4) is 0 Å². The molecule has 3 rings (SSSR count). The summed E-state index contributed by atoms with van der Waals surface area (Å²) in [5, 5.41) is 1.42. The zero-order valence-electron chi connectivity index (χ0n) is 15.9. The number of thiophene rings is 1. The Balaban J connectivity index is 1.82. The van der Waals surface area contributed by atoms with Crippen molar-refractivity contribution in [3.05, 3.63) is 35.9 Å². The van der Waals surface area contributed by atoms with Crippen molar-refractivity contribution in [3.8, 4) is 11.5 Å². The number of fused-ring (bicyclic) bond motifs is 3. The quantitative estimate of drug-likeness (QED) is 0.333. The number of benzene rings is 2. The number of hydrogen-bond donors (Lipinski definition) is 0. The molecule has 0 saturated carbocycles. The molecule has 0 N–H and O–H groups in total. The van der Waals surface area contributed by atoms with Gasteiger partial charge in [-0.25, -0.2) is 8.78 Å². The lowest BCUT2D eigenvalue weighted by molar-refractivity contribution is 0.291. The van der Waals surface area contributed by atoms with Crippen LogP contribution in [0.25, 0.3) is 20.2 Å². The van der Waals surface area contributed by atoms with Crippen LogP contribution < -0.4 is 9.47 Å². The summed E-state index contributed by atoms with van der Waals surface area (Å²) >= 11 is 1.12. The Labute approximate surface area is 163 Å². The Morgan fingerprint density at radius 1 is 0.704 bits per heavy atom. The van der Waals surface area contributed by atoms with E-state index >= 15 is 0 Å². The van der Waals surface area contributed by atoms with E-state index in [9.17, 15) is 8.78 Å². The van der Waals surface area contributed by atoms with Crippen molar-refractivity contribution in [2.45, 2.75) is 52.4 Å². The van der Waals surface area contributed by atoms with Gasteiger partial charge in [0.05, 0.1) is 22.6 Å². The first-order valence-corrected chi connectivity index (χ1v) is 10.6. The molecule has 27 heavy (non-hydrogen) atoms. The Morgan fingerprint density at radius 2 is 1.26 bits per heavy atom. The number of ether oxygens (including phenoxy) is 2. The van der Waals surface area contributed by atoms with Crippen LogP contribution in [-0.4, -0.2) is 13.2 Å². The Bertz CT molecular complexity index is 904. The molecule has 5 heteroatoms. The predicted octanol–water partition coefficient (Wildman–Crippen LogP) is 7.47. The summed E-state index contributed by atoms with van der Waals surface area (Å²) in [5.74, 6) is -0.357. The summed E-state index contributed by atoms with van der Waals surface area (Å²) in [4.78, 5) is 0. The molecule has 0 bridgehead atoms. The molecule has 2 aromatic carbocycles. The maximum absolute atomic E-state index is 14.9. The van der Waals surface area contributed by atoms with Crippen molar-refractivity contribution >= 4 is 31.5 Å². The molecule has 0 fully saturated rings. The minimum Gasteiger partial charge on any atom is -0.490 e. The minimum absolute atomic E-state index is 0.222. The van der Waals surface area contributed by atoms with Gasteiger partial charge in [0.15, 0.2) is 23.1 Å². The van der Waals surface area contributed by atoms with E-state index in [0.717, 1.165) is 30.6 Å². The highest BCUT2D eigenvalue weighted by molar-refractivity contribution is 7.25. The highest BCUT2D eigenvalue weighted by Crippen LogP contribution is 2.41. The molecular weight excluding hydrogens is 366 g/mol. The van der Waals surface area contributed by atoms with Crippen LogP contribution in [0.2, 0.25) is 0 Å². The van der Waals surface area contributed by atoms with Gasteiger partial charge in [-0.3, -0.25) is 0 Å². The van der Waals surface area contributed by atoms with Crippen LogP contribution in [0.4, 0.5) is 8.78 Å². The van der Waals surface area contributed by atoms with E-state index in [2.05, 4.69) is 6.92 Å². The van der Waals surface area contributed by atoms with E-state index in [1.54, 1.807) is 18.2 Å². The molecule has 2 nitrogen and oxygen atoms in total. The Kier molecular flexibility index (Phi) is 6.89. The molecule has 0 saturated heterocycles. The zero-order valence-corrected chi connectivity index (χ0v) is 16.8. The highest BCUT2D eigenvalue weighted by Gasteiger charge is 2.18. The first kappa shape index (κ1) is 19.9. The summed E-state index contributed by atoms with van der Waals surface area (Å²) in [5.41, 5.74) is 0. The molecule has 0 unspecified atom stereocenters. The van der Waals surface area contributed by atoms with E-state index in [1.807, 2.05) is 13.0 Å². The molecule has 146 valence electrons. The molecule has 0 amide bonds.